The summed E-state index contributed by atoms with van der Waals surface area (Å²) < 4.78 is 54.0. The molecule has 2 aliphatic rings. The molecule has 0 saturated carbocycles. The lowest BCUT2D eigenvalue weighted by molar-refractivity contribution is -0.174. The van der Waals surface area contributed by atoms with Crippen LogP contribution in [0.2, 0.25) is 0 Å². The maximum Gasteiger partial charge on any atom is 0.471 e. The van der Waals surface area contributed by atoms with Gasteiger partial charge < -0.3 is 19.5 Å². The summed E-state index contributed by atoms with van der Waals surface area (Å²) in [6.07, 6.45) is -5.85. The van der Waals surface area contributed by atoms with E-state index in [9.17, 15) is 22.8 Å². The molecule has 27 heavy (non-hydrogen) atoms. The van der Waals surface area contributed by atoms with E-state index in [4.69, 9.17) is 14.2 Å². The van der Waals surface area contributed by atoms with E-state index >= 15 is 0 Å². The van der Waals surface area contributed by atoms with E-state index in [0.29, 0.717) is 27.5 Å². The van der Waals surface area contributed by atoms with Crippen LogP contribution < -0.4 is 14.8 Å². The third-order valence-corrected chi connectivity index (χ3v) is 5.13. The highest BCUT2D eigenvalue weighted by Crippen LogP contribution is 2.47. The number of fused-ring (bicyclic) bond motifs is 2. The van der Waals surface area contributed by atoms with Gasteiger partial charge in [-0.05, 0) is 29.1 Å². The summed E-state index contributed by atoms with van der Waals surface area (Å²) >= 11 is 1.19. The molecular weight excluding hydrogens is 387 g/mol. The number of carbonyl (C=O) groups excluding carboxylic acids is 2. The van der Waals surface area contributed by atoms with Crippen molar-refractivity contribution < 1.29 is 37.0 Å². The fraction of sp³-hybridized carbons (Fsp3) is 0.294. The van der Waals surface area contributed by atoms with E-state index in [-0.39, 0.29) is 13.2 Å². The van der Waals surface area contributed by atoms with Crippen molar-refractivity contribution in [1.29, 1.82) is 0 Å². The van der Waals surface area contributed by atoms with Crippen LogP contribution in [-0.4, -0.2) is 24.8 Å². The van der Waals surface area contributed by atoms with Gasteiger partial charge in [0, 0.05) is 12.0 Å². The van der Waals surface area contributed by atoms with Crippen LogP contribution in [0.15, 0.2) is 29.6 Å². The van der Waals surface area contributed by atoms with Crippen molar-refractivity contribution in [3.63, 3.8) is 0 Å². The van der Waals surface area contributed by atoms with Crippen LogP contribution >= 0.6 is 11.3 Å². The smallest absolute Gasteiger partial charge is 0.454 e. The van der Waals surface area contributed by atoms with Gasteiger partial charge in [-0.2, -0.15) is 13.2 Å². The minimum Gasteiger partial charge on any atom is -0.454 e. The first-order chi connectivity index (χ1) is 12.8. The predicted octanol–water partition coefficient (Wildman–Crippen LogP) is 3.50. The molecule has 0 spiro atoms. The Kier molecular flexibility index (Phi) is 4.22. The normalized spacial score (nSPS) is 20.3. The number of thiophene rings is 1. The quantitative estimate of drug-likeness (QED) is 0.800. The van der Waals surface area contributed by atoms with Gasteiger partial charge >= 0.3 is 18.1 Å². The van der Waals surface area contributed by atoms with Gasteiger partial charge in [0.15, 0.2) is 11.5 Å². The molecule has 6 nitrogen and oxygen atoms in total. The van der Waals surface area contributed by atoms with E-state index in [0.717, 1.165) is 0 Å². The Bertz CT molecular complexity index is 897. The largest absolute Gasteiger partial charge is 0.471 e. The molecule has 1 aliphatic carbocycles. The van der Waals surface area contributed by atoms with Crippen molar-refractivity contribution in [2.45, 2.75) is 24.7 Å². The Morgan fingerprint density at radius 1 is 1.19 bits per heavy atom. The molecule has 1 aromatic carbocycles. The molecule has 142 valence electrons. The van der Waals surface area contributed by atoms with Gasteiger partial charge in [-0.15, -0.1) is 11.3 Å². The summed E-state index contributed by atoms with van der Waals surface area (Å²) in [6, 6.07) is 5.39. The number of amides is 1. The summed E-state index contributed by atoms with van der Waals surface area (Å²) in [5.41, 5.74) is 0.887. The molecule has 1 amide bonds. The monoisotopic (exact) mass is 399 g/mol. The number of nitrogens with one attached hydrogen (secondary N) is 1. The molecule has 0 unspecified atom stereocenters. The van der Waals surface area contributed by atoms with E-state index < -0.39 is 30.2 Å². The van der Waals surface area contributed by atoms with E-state index in [2.05, 4.69) is 0 Å². The fourth-order valence-electron chi connectivity index (χ4n) is 3.09. The molecule has 0 bridgehead atoms. The highest BCUT2D eigenvalue weighted by molar-refractivity contribution is 7.11. The molecule has 2 atom stereocenters. The second kappa shape index (κ2) is 6.45. The maximum atomic E-state index is 12.7. The van der Waals surface area contributed by atoms with E-state index in [1.165, 1.54) is 17.4 Å². The number of hydrogen-bond acceptors (Lipinski definition) is 6. The number of ether oxygens (including phenoxy) is 3. The van der Waals surface area contributed by atoms with Gasteiger partial charge in [-0.3, -0.25) is 4.79 Å². The number of carbonyl (C=O) groups is 2. The lowest BCUT2D eigenvalue weighted by Crippen LogP contribution is -2.38. The van der Waals surface area contributed by atoms with Gasteiger partial charge in [-0.25, -0.2) is 4.79 Å². The molecular formula is C17H12F3NO5S. The number of halogens is 3. The zero-order chi connectivity index (χ0) is 19.2. The summed E-state index contributed by atoms with van der Waals surface area (Å²) in [5.74, 6) is -1.86. The first kappa shape index (κ1) is 17.7. The van der Waals surface area contributed by atoms with Crippen LogP contribution in [0.4, 0.5) is 13.2 Å². The Labute approximate surface area is 154 Å². The molecule has 1 N–H and O–H groups in total. The van der Waals surface area contributed by atoms with Crippen molar-refractivity contribution >= 4 is 23.2 Å². The lowest BCUT2D eigenvalue weighted by Gasteiger charge is -2.16. The molecule has 0 saturated heterocycles. The lowest BCUT2D eigenvalue weighted by atomic mass is 10.1. The summed E-state index contributed by atoms with van der Waals surface area (Å²) in [4.78, 5) is 24.0. The average Bonchev–Trinajstić information content (AvgIpc) is 3.33. The number of hydrogen-bond donors (Lipinski definition) is 1. The van der Waals surface area contributed by atoms with Crippen LogP contribution in [0.5, 0.6) is 11.5 Å². The SMILES string of the molecule is O=C(O[C@H]1C[C@H](NC(=O)C(F)(F)F)c2cc3c(cc21)OCO3)c1cccs1. The molecule has 1 aromatic heterocycles. The molecule has 1 aliphatic heterocycles. The first-order valence-corrected chi connectivity index (χ1v) is 8.76. The summed E-state index contributed by atoms with van der Waals surface area (Å²) in [6.45, 7) is -0.0164. The average molecular weight is 399 g/mol. The van der Waals surface area contributed by atoms with Crippen LogP contribution in [-0.2, 0) is 9.53 Å². The first-order valence-electron chi connectivity index (χ1n) is 7.88. The minimum atomic E-state index is -5.01. The van der Waals surface area contributed by atoms with Crippen LogP contribution in [0.3, 0.4) is 0 Å². The standard InChI is InChI=1S/C17H12F3NO5S/c18-17(19,20)16(23)21-10-6-11(26-15(22)14-2-1-3-27-14)9-5-13-12(4-8(9)10)24-7-25-13/h1-5,10-11H,6-7H2,(H,21,23)/t10-,11-/m0/s1. The van der Waals surface area contributed by atoms with Crippen molar-refractivity contribution in [3.8, 4) is 11.5 Å². The van der Waals surface area contributed by atoms with Crippen LogP contribution in [0, 0.1) is 0 Å². The number of esters is 1. The van der Waals surface area contributed by atoms with E-state index in [1.54, 1.807) is 23.6 Å². The minimum absolute atomic E-state index is 0.0164. The maximum absolute atomic E-state index is 12.7. The zero-order valence-corrected chi connectivity index (χ0v) is 14.4. The highest BCUT2D eigenvalue weighted by Gasteiger charge is 2.43. The molecule has 2 heterocycles. The Morgan fingerprint density at radius 3 is 2.52 bits per heavy atom. The molecule has 0 fully saturated rings. The molecule has 2 aromatic rings. The Hall–Kier alpha value is -2.75. The van der Waals surface area contributed by atoms with Gasteiger partial charge in [0.1, 0.15) is 11.0 Å². The third kappa shape index (κ3) is 3.32. The number of rotatable bonds is 3. The third-order valence-electron chi connectivity index (χ3n) is 4.28. The van der Waals surface area contributed by atoms with Gasteiger partial charge in [0.2, 0.25) is 6.79 Å². The van der Waals surface area contributed by atoms with Crippen LogP contribution in [0.1, 0.15) is 39.4 Å². The zero-order valence-electron chi connectivity index (χ0n) is 13.5. The fourth-order valence-corrected chi connectivity index (χ4v) is 3.70. The Morgan fingerprint density at radius 2 is 1.89 bits per heavy atom. The number of alkyl halides is 3. The van der Waals surface area contributed by atoms with Gasteiger partial charge in [-0.1, -0.05) is 6.07 Å². The predicted molar refractivity (Wildman–Crippen MR) is 86.6 cm³/mol. The van der Waals surface area contributed by atoms with E-state index in [1.807, 2.05) is 5.32 Å². The van der Waals surface area contributed by atoms with Crippen molar-refractivity contribution in [2.24, 2.45) is 0 Å². The summed E-state index contributed by atoms with van der Waals surface area (Å²) in [5, 5.41) is 3.67. The summed E-state index contributed by atoms with van der Waals surface area (Å²) in [7, 11) is 0. The van der Waals surface area contributed by atoms with Crippen molar-refractivity contribution in [1.82, 2.24) is 5.32 Å². The molecule has 0 radical (unpaired) electrons. The van der Waals surface area contributed by atoms with Gasteiger partial charge in [0.05, 0.1) is 6.04 Å². The second-order valence-electron chi connectivity index (χ2n) is 5.97. The second-order valence-corrected chi connectivity index (χ2v) is 6.91. The molecule has 10 heteroatoms. The molecule has 4 rings (SSSR count). The van der Waals surface area contributed by atoms with Crippen molar-refractivity contribution in [2.75, 3.05) is 6.79 Å². The number of benzene rings is 1. The topological polar surface area (TPSA) is 73.9 Å². The van der Waals surface area contributed by atoms with Crippen molar-refractivity contribution in [3.05, 3.63) is 45.6 Å². The van der Waals surface area contributed by atoms with Crippen LogP contribution in [0.25, 0.3) is 0 Å². The highest BCUT2D eigenvalue weighted by atomic mass is 32.1. The Balaban J connectivity index is 1.63. The van der Waals surface area contributed by atoms with Gasteiger partial charge in [0.25, 0.3) is 0 Å².